The molecule has 1 atom stereocenters. The lowest BCUT2D eigenvalue weighted by molar-refractivity contribution is -0.115. The van der Waals surface area contributed by atoms with Gasteiger partial charge in [0.05, 0.1) is 5.56 Å². The normalized spacial score (nSPS) is 11.6. The molecule has 1 unspecified atom stereocenters. The van der Waals surface area contributed by atoms with Crippen LogP contribution < -0.4 is 10.6 Å². The van der Waals surface area contributed by atoms with E-state index in [0.29, 0.717) is 16.5 Å². The van der Waals surface area contributed by atoms with Crippen molar-refractivity contribution in [2.45, 2.75) is 30.4 Å². The number of anilines is 2. The molecule has 0 aliphatic rings. The minimum Gasteiger partial charge on any atom is -0.478 e. The van der Waals surface area contributed by atoms with Crippen LogP contribution in [0.15, 0.2) is 114 Å². The molecule has 0 saturated carbocycles. The first-order valence-corrected chi connectivity index (χ1v) is 14.5. The highest BCUT2D eigenvalue weighted by molar-refractivity contribution is 8.00. The summed E-state index contributed by atoms with van der Waals surface area (Å²) < 4.78 is 0. The number of para-hydroxylation sites is 1. The van der Waals surface area contributed by atoms with Crippen LogP contribution >= 0.6 is 11.8 Å². The summed E-state index contributed by atoms with van der Waals surface area (Å²) in [6.45, 7) is 4.06. The first-order valence-electron chi connectivity index (χ1n) is 13.6. The minimum absolute atomic E-state index is 0.0759. The number of aromatic carboxylic acids is 1. The number of carbonyl (C=O) groups is 3. The number of hydrogen-bond acceptors (Lipinski definition) is 4. The summed E-state index contributed by atoms with van der Waals surface area (Å²) in [5.41, 5.74) is 4.75. The van der Waals surface area contributed by atoms with Crippen LogP contribution in [-0.4, -0.2) is 22.9 Å². The molecule has 0 heterocycles. The van der Waals surface area contributed by atoms with Gasteiger partial charge in [-0.2, -0.15) is 0 Å². The number of carboxylic acid groups (broad SMARTS) is 1. The third-order valence-electron chi connectivity index (χ3n) is 7.07. The monoisotopic (exact) mass is 574 g/mol. The van der Waals surface area contributed by atoms with E-state index in [1.54, 1.807) is 42.5 Å². The molecule has 3 N–H and O–H groups in total. The molecule has 5 aromatic carbocycles. The zero-order valence-corrected chi connectivity index (χ0v) is 24.1. The van der Waals surface area contributed by atoms with Gasteiger partial charge in [0.25, 0.3) is 5.91 Å². The zero-order chi connectivity index (χ0) is 29.6. The van der Waals surface area contributed by atoms with Crippen molar-refractivity contribution in [1.82, 2.24) is 0 Å². The Labute approximate surface area is 248 Å². The van der Waals surface area contributed by atoms with E-state index in [-0.39, 0.29) is 17.0 Å². The molecule has 7 heteroatoms. The van der Waals surface area contributed by atoms with Gasteiger partial charge in [0.1, 0.15) is 5.25 Å². The summed E-state index contributed by atoms with van der Waals surface area (Å²) in [4.78, 5) is 39.6. The molecule has 0 radical (unpaired) electrons. The number of rotatable bonds is 9. The van der Waals surface area contributed by atoms with Crippen LogP contribution in [0.25, 0.3) is 10.8 Å². The minimum atomic E-state index is -1.09. The number of hydrogen-bond donors (Lipinski definition) is 3. The maximum Gasteiger partial charge on any atom is 0.336 e. The Morgan fingerprint density at radius 2 is 1.43 bits per heavy atom. The number of thioether (sulfide) groups is 1. The fourth-order valence-electron chi connectivity index (χ4n) is 4.95. The topological polar surface area (TPSA) is 95.5 Å². The van der Waals surface area contributed by atoms with Gasteiger partial charge < -0.3 is 15.7 Å². The third-order valence-corrected chi connectivity index (χ3v) is 8.34. The van der Waals surface area contributed by atoms with Gasteiger partial charge in [0, 0.05) is 27.2 Å². The number of carbonyl (C=O) groups excluding carboxylic acids is 2. The average molecular weight is 575 g/mol. The van der Waals surface area contributed by atoms with E-state index in [2.05, 4.69) is 17.6 Å². The molecule has 0 aromatic heterocycles. The van der Waals surface area contributed by atoms with Crippen molar-refractivity contribution in [2.75, 3.05) is 10.6 Å². The van der Waals surface area contributed by atoms with Gasteiger partial charge in [-0.15, -0.1) is 11.8 Å². The van der Waals surface area contributed by atoms with Gasteiger partial charge >= 0.3 is 5.97 Å². The summed E-state index contributed by atoms with van der Waals surface area (Å²) in [6.07, 6.45) is 0.810. The van der Waals surface area contributed by atoms with Crippen LogP contribution in [-0.2, 0) is 11.2 Å². The first-order chi connectivity index (χ1) is 20.4. The van der Waals surface area contributed by atoms with Crippen LogP contribution in [0.2, 0.25) is 0 Å². The fraction of sp³-hybridized carbons (Fsp3) is 0.114. The maximum atomic E-state index is 13.7. The molecule has 0 fully saturated rings. The predicted molar refractivity (Wildman–Crippen MR) is 170 cm³/mol. The number of fused-ring (bicyclic) bond motifs is 1. The van der Waals surface area contributed by atoms with Crippen LogP contribution in [0.5, 0.6) is 0 Å². The molecule has 2 amide bonds. The van der Waals surface area contributed by atoms with E-state index >= 15 is 0 Å². The van der Waals surface area contributed by atoms with E-state index in [9.17, 15) is 19.5 Å². The van der Waals surface area contributed by atoms with E-state index in [4.69, 9.17) is 0 Å². The highest BCUT2D eigenvalue weighted by atomic mass is 32.2. The van der Waals surface area contributed by atoms with Crippen molar-refractivity contribution in [1.29, 1.82) is 0 Å². The Balaban J connectivity index is 1.37. The molecule has 0 aliphatic heterocycles. The Bertz CT molecular complexity index is 1760. The standard InChI is InChI=1S/C35H30N2O4S/c1-3-23-13-7-10-22(2)31(23)37-34(39)32(25-11-5-4-6-12-25)42-27-20-18-26(19-21-27)36-33(38)28-16-8-14-24-15-9-17-29(30(24)28)35(40)41/h4-21,32H,3H2,1-2H3,(H,36,38)(H,37,39)(H,40,41). The van der Waals surface area contributed by atoms with Crippen LogP contribution in [0, 0.1) is 6.92 Å². The highest BCUT2D eigenvalue weighted by Crippen LogP contribution is 2.37. The maximum absolute atomic E-state index is 13.7. The number of aryl methyl sites for hydroxylation is 2. The van der Waals surface area contributed by atoms with Crippen molar-refractivity contribution in [3.63, 3.8) is 0 Å². The Morgan fingerprint density at radius 3 is 2.10 bits per heavy atom. The molecular weight excluding hydrogens is 544 g/mol. The van der Waals surface area contributed by atoms with Gasteiger partial charge in [0.15, 0.2) is 0 Å². The first kappa shape index (κ1) is 28.6. The number of amides is 2. The fourth-order valence-corrected chi connectivity index (χ4v) is 5.98. The van der Waals surface area contributed by atoms with E-state index in [0.717, 1.165) is 33.7 Å². The lowest BCUT2D eigenvalue weighted by atomic mass is 9.98. The zero-order valence-electron chi connectivity index (χ0n) is 23.3. The van der Waals surface area contributed by atoms with Crippen LogP contribution in [0.3, 0.4) is 0 Å². The molecule has 5 rings (SSSR count). The molecular formula is C35H30N2O4S. The van der Waals surface area contributed by atoms with Gasteiger partial charge in [-0.05, 0) is 71.8 Å². The smallest absolute Gasteiger partial charge is 0.336 e. The Kier molecular flexibility index (Phi) is 8.69. The summed E-state index contributed by atoms with van der Waals surface area (Å²) in [6, 6.07) is 33.0. The van der Waals surface area contributed by atoms with Crippen molar-refractivity contribution >= 4 is 51.7 Å². The second-order valence-corrected chi connectivity index (χ2v) is 11.0. The lowest BCUT2D eigenvalue weighted by Gasteiger charge is -2.20. The summed E-state index contributed by atoms with van der Waals surface area (Å²) in [7, 11) is 0. The number of carboxylic acids is 1. The molecule has 0 aliphatic carbocycles. The van der Waals surface area contributed by atoms with Crippen LogP contribution in [0.4, 0.5) is 11.4 Å². The van der Waals surface area contributed by atoms with E-state index in [1.165, 1.54) is 17.8 Å². The lowest BCUT2D eigenvalue weighted by Crippen LogP contribution is -2.20. The van der Waals surface area contributed by atoms with Crippen molar-refractivity contribution in [3.05, 3.63) is 137 Å². The Hall–Kier alpha value is -4.88. The van der Waals surface area contributed by atoms with Gasteiger partial charge in [-0.1, -0.05) is 79.7 Å². The Morgan fingerprint density at radius 1 is 0.762 bits per heavy atom. The largest absolute Gasteiger partial charge is 0.478 e. The molecule has 210 valence electrons. The van der Waals surface area contributed by atoms with Crippen molar-refractivity contribution < 1.29 is 19.5 Å². The van der Waals surface area contributed by atoms with Crippen molar-refractivity contribution in [2.24, 2.45) is 0 Å². The highest BCUT2D eigenvalue weighted by Gasteiger charge is 2.24. The SMILES string of the molecule is CCc1cccc(C)c1NC(=O)C(Sc1ccc(NC(=O)c2cccc3cccc(C(=O)O)c23)cc1)c1ccccc1. The van der Waals surface area contributed by atoms with Gasteiger partial charge in [-0.3, -0.25) is 9.59 Å². The van der Waals surface area contributed by atoms with Crippen LogP contribution in [0.1, 0.15) is 49.6 Å². The van der Waals surface area contributed by atoms with Gasteiger partial charge in [-0.25, -0.2) is 4.79 Å². The third kappa shape index (κ3) is 6.21. The predicted octanol–water partition coefficient (Wildman–Crippen LogP) is 8.13. The molecule has 0 saturated heterocycles. The summed E-state index contributed by atoms with van der Waals surface area (Å²) >= 11 is 1.43. The molecule has 6 nitrogen and oxygen atoms in total. The molecule has 42 heavy (non-hydrogen) atoms. The van der Waals surface area contributed by atoms with E-state index in [1.807, 2.05) is 67.6 Å². The second kappa shape index (κ2) is 12.7. The average Bonchev–Trinajstić information content (AvgIpc) is 3.01. The second-order valence-electron chi connectivity index (χ2n) is 9.85. The molecule has 0 spiro atoms. The molecule has 5 aromatic rings. The molecule has 0 bridgehead atoms. The summed E-state index contributed by atoms with van der Waals surface area (Å²) in [5.74, 6) is -1.61. The number of benzene rings is 5. The number of nitrogens with one attached hydrogen (secondary N) is 2. The summed E-state index contributed by atoms with van der Waals surface area (Å²) in [5, 5.41) is 16.3. The quantitative estimate of drug-likeness (QED) is 0.155. The van der Waals surface area contributed by atoms with Gasteiger partial charge in [0.2, 0.25) is 5.91 Å². The van der Waals surface area contributed by atoms with E-state index < -0.39 is 17.1 Å². The van der Waals surface area contributed by atoms with Crippen molar-refractivity contribution in [3.8, 4) is 0 Å².